The van der Waals surface area contributed by atoms with Gasteiger partial charge in [-0.3, -0.25) is 0 Å². The van der Waals surface area contributed by atoms with Crippen molar-refractivity contribution in [2.75, 3.05) is 4.90 Å². The van der Waals surface area contributed by atoms with Crippen molar-refractivity contribution in [3.05, 3.63) is 107 Å². The van der Waals surface area contributed by atoms with Crippen LogP contribution in [0, 0.1) is 36.5 Å². The summed E-state index contributed by atoms with van der Waals surface area (Å²) in [5.41, 5.74) is 4.79. The van der Waals surface area contributed by atoms with Crippen LogP contribution >= 0.6 is 22.7 Å². The Bertz CT molecular complexity index is 1560. The molecule has 0 aliphatic rings. The van der Waals surface area contributed by atoms with Gasteiger partial charge in [-0.2, -0.15) is 10.5 Å². The van der Waals surface area contributed by atoms with Crippen molar-refractivity contribution < 1.29 is 0 Å². The normalized spacial score (nSPS) is 10.5. The first kappa shape index (κ1) is 22.6. The van der Waals surface area contributed by atoms with Crippen molar-refractivity contribution >= 4 is 55.9 Å². The number of nitrogens with zero attached hydrogens (tertiary/aromatic N) is 3. The SMILES string of the molecule is Cc1ccc(N(c2ccc(C)cc2)c2ccc(-c3sc(C=C(C#N)C#N)c4ccccc34)s2)cc1. The van der Waals surface area contributed by atoms with Crippen LogP contribution in [0.1, 0.15) is 16.0 Å². The zero-order chi connectivity index (χ0) is 24.4. The van der Waals surface area contributed by atoms with Crippen LogP contribution in [-0.2, 0) is 0 Å². The molecule has 35 heavy (non-hydrogen) atoms. The molecule has 5 heteroatoms. The van der Waals surface area contributed by atoms with E-state index in [0.29, 0.717) is 0 Å². The summed E-state index contributed by atoms with van der Waals surface area (Å²) in [6.07, 6.45) is 1.69. The summed E-state index contributed by atoms with van der Waals surface area (Å²) in [5, 5.41) is 21.8. The van der Waals surface area contributed by atoms with Crippen molar-refractivity contribution in [2.24, 2.45) is 0 Å². The first-order chi connectivity index (χ1) is 17.1. The van der Waals surface area contributed by atoms with Crippen molar-refractivity contribution in [1.29, 1.82) is 10.5 Å². The Balaban J connectivity index is 1.63. The number of thiophene rings is 2. The van der Waals surface area contributed by atoms with Gasteiger partial charge < -0.3 is 4.90 Å². The lowest BCUT2D eigenvalue weighted by atomic mass is 10.1. The van der Waals surface area contributed by atoms with Crippen LogP contribution < -0.4 is 4.90 Å². The van der Waals surface area contributed by atoms with Gasteiger partial charge >= 0.3 is 0 Å². The number of rotatable bonds is 5. The summed E-state index contributed by atoms with van der Waals surface area (Å²) in [6, 6.07) is 33.6. The molecule has 0 saturated heterocycles. The van der Waals surface area contributed by atoms with Gasteiger partial charge in [0.15, 0.2) is 0 Å². The molecule has 2 aromatic heterocycles. The van der Waals surface area contributed by atoms with Crippen LogP contribution in [0.15, 0.2) is 90.5 Å². The molecule has 5 rings (SSSR count). The minimum absolute atomic E-state index is 0.111. The van der Waals surface area contributed by atoms with Crippen LogP contribution in [0.25, 0.3) is 26.6 Å². The highest BCUT2D eigenvalue weighted by molar-refractivity contribution is 7.25. The van der Waals surface area contributed by atoms with E-state index in [9.17, 15) is 10.5 Å². The molecule has 0 amide bonds. The summed E-state index contributed by atoms with van der Waals surface area (Å²) in [6.45, 7) is 4.20. The highest BCUT2D eigenvalue weighted by Gasteiger charge is 2.18. The lowest BCUT2D eigenvalue weighted by Gasteiger charge is -2.24. The second-order valence-electron chi connectivity index (χ2n) is 8.27. The van der Waals surface area contributed by atoms with E-state index in [1.54, 1.807) is 28.7 Å². The largest absolute Gasteiger partial charge is 0.302 e. The van der Waals surface area contributed by atoms with Gasteiger partial charge in [-0.25, -0.2) is 0 Å². The highest BCUT2D eigenvalue weighted by atomic mass is 32.1. The third kappa shape index (κ3) is 4.48. The minimum atomic E-state index is 0.111. The van der Waals surface area contributed by atoms with Crippen molar-refractivity contribution in [3.63, 3.8) is 0 Å². The maximum absolute atomic E-state index is 9.26. The van der Waals surface area contributed by atoms with E-state index in [0.717, 1.165) is 41.8 Å². The number of benzene rings is 3. The minimum Gasteiger partial charge on any atom is -0.302 e. The predicted octanol–water partition coefficient (Wildman–Crippen LogP) is 9.15. The Kier molecular flexibility index (Phi) is 6.21. The topological polar surface area (TPSA) is 50.8 Å². The number of fused-ring (bicyclic) bond motifs is 1. The zero-order valence-corrected chi connectivity index (χ0v) is 21.0. The van der Waals surface area contributed by atoms with E-state index in [-0.39, 0.29) is 5.57 Å². The fourth-order valence-electron chi connectivity index (χ4n) is 3.99. The molecule has 0 aliphatic heterocycles. The maximum atomic E-state index is 9.26. The van der Waals surface area contributed by atoms with Gasteiger partial charge in [0.25, 0.3) is 0 Å². The van der Waals surface area contributed by atoms with Gasteiger partial charge in [0.1, 0.15) is 22.7 Å². The second-order valence-corrected chi connectivity index (χ2v) is 10.4. The monoisotopic (exact) mass is 487 g/mol. The van der Waals surface area contributed by atoms with Gasteiger partial charge in [-0.1, -0.05) is 59.7 Å². The van der Waals surface area contributed by atoms with Crippen LogP contribution in [0.5, 0.6) is 0 Å². The molecule has 0 unspecified atom stereocenters. The van der Waals surface area contributed by atoms with E-state index in [2.05, 4.69) is 85.5 Å². The first-order valence-corrected chi connectivity index (χ1v) is 12.8. The van der Waals surface area contributed by atoms with E-state index < -0.39 is 0 Å². The average Bonchev–Trinajstić information content (AvgIpc) is 3.50. The van der Waals surface area contributed by atoms with Gasteiger partial charge in [0.05, 0.1) is 4.88 Å². The van der Waals surface area contributed by atoms with E-state index in [1.165, 1.54) is 11.1 Å². The smallest absolute Gasteiger partial charge is 0.131 e. The second kappa shape index (κ2) is 9.60. The number of hydrogen-bond donors (Lipinski definition) is 0. The number of aryl methyl sites for hydroxylation is 2. The molecular formula is C30H21N3S2. The molecule has 2 heterocycles. The molecule has 168 valence electrons. The summed E-state index contributed by atoms with van der Waals surface area (Å²) in [4.78, 5) is 5.51. The lowest BCUT2D eigenvalue weighted by Crippen LogP contribution is -2.08. The quantitative estimate of drug-likeness (QED) is 0.232. The van der Waals surface area contributed by atoms with E-state index >= 15 is 0 Å². The number of allylic oxidation sites excluding steroid dienone is 1. The molecule has 3 nitrogen and oxygen atoms in total. The molecule has 0 bridgehead atoms. The van der Waals surface area contributed by atoms with Gasteiger partial charge in [0.2, 0.25) is 0 Å². The van der Waals surface area contributed by atoms with Crippen molar-refractivity contribution in [1.82, 2.24) is 0 Å². The fraction of sp³-hybridized carbons (Fsp3) is 0.0667. The lowest BCUT2D eigenvalue weighted by molar-refractivity contribution is 1.29. The predicted molar refractivity (Wildman–Crippen MR) is 148 cm³/mol. The van der Waals surface area contributed by atoms with Gasteiger partial charge in [-0.15, -0.1) is 22.7 Å². The number of anilines is 3. The molecule has 0 fully saturated rings. The summed E-state index contributed by atoms with van der Waals surface area (Å²) in [7, 11) is 0. The molecule has 0 N–H and O–H groups in total. The van der Waals surface area contributed by atoms with E-state index in [4.69, 9.17) is 0 Å². The molecule has 0 saturated carbocycles. The fourth-order valence-corrected chi connectivity index (χ4v) is 6.38. The van der Waals surface area contributed by atoms with Gasteiger partial charge in [0, 0.05) is 31.9 Å². The Morgan fingerprint density at radius 1 is 0.714 bits per heavy atom. The standard InChI is InChI=1S/C30H21N3S2/c1-20-7-11-23(12-8-20)33(24-13-9-21(2)10-14-24)29-16-15-27(34-29)30-26-6-4-3-5-25(26)28(35-30)17-22(18-31)19-32/h3-17H,1-2H3. The Morgan fingerprint density at radius 3 is 1.86 bits per heavy atom. The van der Waals surface area contributed by atoms with Crippen LogP contribution in [0.2, 0.25) is 0 Å². The summed E-state index contributed by atoms with van der Waals surface area (Å²) >= 11 is 3.36. The average molecular weight is 488 g/mol. The highest BCUT2D eigenvalue weighted by Crippen LogP contribution is 2.46. The molecule has 0 atom stereocenters. The molecule has 3 aromatic carbocycles. The number of nitriles is 2. The van der Waals surface area contributed by atoms with Crippen LogP contribution in [0.3, 0.4) is 0 Å². The van der Waals surface area contributed by atoms with Gasteiger partial charge in [-0.05, 0) is 56.3 Å². The Labute approximate surface area is 213 Å². The molecule has 0 spiro atoms. The molecule has 0 radical (unpaired) electrons. The molecular weight excluding hydrogens is 466 g/mol. The third-order valence-electron chi connectivity index (χ3n) is 5.79. The van der Waals surface area contributed by atoms with Crippen molar-refractivity contribution in [3.8, 4) is 21.9 Å². The third-order valence-corrected chi connectivity index (χ3v) is 8.20. The Morgan fingerprint density at radius 2 is 1.29 bits per heavy atom. The van der Waals surface area contributed by atoms with Crippen LogP contribution in [-0.4, -0.2) is 0 Å². The zero-order valence-electron chi connectivity index (χ0n) is 19.3. The summed E-state index contributed by atoms with van der Waals surface area (Å²) in [5.74, 6) is 0. The molecule has 5 aromatic rings. The van der Waals surface area contributed by atoms with E-state index in [1.807, 2.05) is 30.3 Å². The number of hydrogen-bond acceptors (Lipinski definition) is 5. The van der Waals surface area contributed by atoms with Crippen molar-refractivity contribution in [2.45, 2.75) is 13.8 Å². The van der Waals surface area contributed by atoms with Crippen LogP contribution in [0.4, 0.5) is 16.4 Å². The summed E-state index contributed by atoms with van der Waals surface area (Å²) < 4.78 is 0. The first-order valence-electron chi connectivity index (χ1n) is 11.1. The maximum Gasteiger partial charge on any atom is 0.131 e. The molecule has 0 aliphatic carbocycles. The Hall–Kier alpha value is -4.16.